The van der Waals surface area contributed by atoms with Gasteiger partial charge >= 0.3 is 0 Å². The number of nitrogens with one attached hydrogen (secondary N) is 2. The van der Waals surface area contributed by atoms with E-state index in [1.54, 1.807) is 6.92 Å². The number of rotatable bonds is 7. The fraction of sp³-hybridized carbons (Fsp3) is 0.526. The molecule has 2 atom stereocenters. The van der Waals surface area contributed by atoms with Gasteiger partial charge in [0.15, 0.2) is 11.4 Å². The molecule has 1 heterocycles. The molecule has 4 N–H and O–H groups in total. The number of aliphatic hydroxyl groups excluding tert-OH is 2. The number of aromatic nitrogens is 2. The normalized spacial score (nSPS) is 18.0. The molecule has 8 nitrogen and oxygen atoms in total. The first-order valence-corrected chi connectivity index (χ1v) is 11.1. The molecule has 0 saturated carbocycles. The van der Waals surface area contributed by atoms with Crippen LogP contribution in [0.15, 0.2) is 23.6 Å². The van der Waals surface area contributed by atoms with Crippen LogP contribution in [0.25, 0.3) is 0 Å². The van der Waals surface area contributed by atoms with E-state index < -0.39 is 22.5 Å². The molecule has 0 bridgehead atoms. The van der Waals surface area contributed by atoms with Crippen molar-refractivity contribution in [1.82, 2.24) is 14.3 Å². The van der Waals surface area contributed by atoms with Crippen molar-refractivity contribution in [2.24, 2.45) is 0 Å². The third kappa shape index (κ3) is 3.80. The summed E-state index contributed by atoms with van der Waals surface area (Å²) in [6.45, 7) is 1.85. The zero-order chi connectivity index (χ0) is 19.9. The van der Waals surface area contributed by atoms with E-state index in [2.05, 4.69) is 21.1 Å². The van der Waals surface area contributed by atoms with Crippen LogP contribution in [0.4, 0.5) is 5.69 Å². The Morgan fingerprint density at radius 1 is 1.14 bits per heavy atom. The third-order valence-electron chi connectivity index (χ3n) is 5.38. The Balaban J connectivity index is 1.52. The van der Waals surface area contributed by atoms with Crippen LogP contribution >= 0.6 is 0 Å². The van der Waals surface area contributed by atoms with Crippen molar-refractivity contribution in [3.05, 3.63) is 40.8 Å². The average Bonchev–Trinajstić information content (AvgIpc) is 3.32. The molecule has 1 aromatic heterocycles. The number of anilines is 1. The first kappa shape index (κ1) is 19.4. The van der Waals surface area contributed by atoms with E-state index in [1.807, 2.05) is 0 Å². The van der Waals surface area contributed by atoms with Gasteiger partial charge in [-0.15, -0.1) is 0 Å². The fourth-order valence-electron chi connectivity index (χ4n) is 4.25. The standard InChI is InChI=1S/C19H26N4O4S/c1-12(24)9-23-10-17(20-11-23)28(26,27)22-19(25)21-18-15-6-2-4-13(15)8-14-5-3-7-16(14)18/h8,10-12,19,21-22,24-25H,2-7,9H2,1H3/t12-,19?/m1/s1. The lowest BCUT2D eigenvalue weighted by molar-refractivity contribution is 0.173. The Morgan fingerprint density at radius 2 is 1.79 bits per heavy atom. The molecule has 2 aliphatic carbocycles. The van der Waals surface area contributed by atoms with Crippen LogP contribution in [0.3, 0.4) is 0 Å². The fourth-order valence-corrected chi connectivity index (χ4v) is 5.18. The Bertz CT molecular complexity index is 952. The maximum Gasteiger partial charge on any atom is 0.263 e. The summed E-state index contributed by atoms with van der Waals surface area (Å²) in [4.78, 5) is 3.88. The van der Waals surface area contributed by atoms with Crippen molar-refractivity contribution < 1.29 is 18.6 Å². The average molecular weight is 407 g/mol. The number of aryl methyl sites for hydroxylation is 2. The number of fused-ring (bicyclic) bond motifs is 2. The minimum atomic E-state index is -4.00. The van der Waals surface area contributed by atoms with Gasteiger partial charge in [0, 0.05) is 18.4 Å². The Kier molecular flexibility index (Phi) is 5.17. The Hall–Kier alpha value is -1.94. The van der Waals surface area contributed by atoms with Gasteiger partial charge in [-0.05, 0) is 67.7 Å². The summed E-state index contributed by atoms with van der Waals surface area (Å²) >= 11 is 0. The molecule has 0 spiro atoms. The molecule has 1 unspecified atom stereocenters. The van der Waals surface area contributed by atoms with E-state index in [9.17, 15) is 18.6 Å². The van der Waals surface area contributed by atoms with Crippen molar-refractivity contribution >= 4 is 15.7 Å². The van der Waals surface area contributed by atoms with Crippen LogP contribution in [0.5, 0.6) is 0 Å². The topological polar surface area (TPSA) is 116 Å². The molecule has 0 radical (unpaired) electrons. The van der Waals surface area contributed by atoms with E-state index in [1.165, 1.54) is 39.3 Å². The largest absolute Gasteiger partial charge is 0.392 e. The van der Waals surface area contributed by atoms with Gasteiger partial charge in [0.05, 0.1) is 12.4 Å². The predicted molar refractivity (Wildman–Crippen MR) is 104 cm³/mol. The molecule has 2 aromatic rings. The van der Waals surface area contributed by atoms with Gasteiger partial charge in [-0.2, -0.15) is 4.72 Å². The zero-order valence-electron chi connectivity index (χ0n) is 15.9. The molecular weight excluding hydrogens is 380 g/mol. The lowest BCUT2D eigenvalue weighted by Crippen LogP contribution is -2.40. The van der Waals surface area contributed by atoms with E-state index in [0.717, 1.165) is 44.2 Å². The lowest BCUT2D eigenvalue weighted by atomic mass is 9.99. The van der Waals surface area contributed by atoms with Gasteiger partial charge in [0.1, 0.15) is 0 Å². The van der Waals surface area contributed by atoms with Crippen LogP contribution in [-0.2, 0) is 42.3 Å². The summed E-state index contributed by atoms with van der Waals surface area (Å²) in [6, 6.07) is 2.28. The Morgan fingerprint density at radius 3 is 2.39 bits per heavy atom. The van der Waals surface area contributed by atoms with Crippen LogP contribution in [-0.4, -0.2) is 40.6 Å². The number of sulfonamides is 1. The maximum atomic E-state index is 12.5. The van der Waals surface area contributed by atoms with E-state index in [-0.39, 0.29) is 11.6 Å². The van der Waals surface area contributed by atoms with Crippen LogP contribution < -0.4 is 10.0 Å². The molecule has 9 heteroatoms. The molecule has 0 aliphatic heterocycles. The highest BCUT2D eigenvalue weighted by atomic mass is 32.2. The summed E-state index contributed by atoms with van der Waals surface area (Å²) in [5, 5.41) is 22.7. The summed E-state index contributed by atoms with van der Waals surface area (Å²) in [6.07, 6.45) is 6.70. The van der Waals surface area contributed by atoms with E-state index in [4.69, 9.17) is 0 Å². The van der Waals surface area contributed by atoms with E-state index in [0.29, 0.717) is 0 Å². The molecule has 152 valence electrons. The first-order chi connectivity index (χ1) is 13.3. The minimum absolute atomic E-state index is 0.197. The number of aliphatic hydroxyl groups is 2. The Labute approximate surface area is 164 Å². The highest BCUT2D eigenvalue weighted by Crippen LogP contribution is 2.38. The quantitative estimate of drug-likeness (QED) is 0.508. The predicted octanol–water partition coefficient (Wildman–Crippen LogP) is 0.908. The second-order valence-corrected chi connectivity index (χ2v) is 9.32. The van der Waals surface area contributed by atoms with Crippen molar-refractivity contribution in [1.29, 1.82) is 0 Å². The van der Waals surface area contributed by atoms with Crippen LogP contribution in [0.1, 0.15) is 42.0 Å². The molecular formula is C19H26N4O4S. The van der Waals surface area contributed by atoms with Crippen LogP contribution in [0, 0.1) is 0 Å². The van der Waals surface area contributed by atoms with Gasteiger partial charge in [-0.3, -0.25) is 0 Å². The maximum absolute atomic E-state index is 12.5. The number of nitrogens with zero attached hydrogens (tertiary/aromatic N) is 2. The number of benzene rings is 1. The number of hydrogen-bond donors (Lipinski definition) is 4. The highest BCUT2D eigenvalue weighted by Gasteiger charge is 2.27. The van der Waals surface area contributed by atoms with Gasteiger partial charge in [-0.25, -0.2) is 13.4 Å². The lowest BCUT2D eigenvalue weighted by Gasteiger charge is -2.21. The van der Waals surface area contributed by atoms with Crippen LogP contribution in [0.2, 0.25) is 0 Å². The smallest absolute Gasteiger partial charge is 0.263 e. The summed E-state index contributed by atoms with van der Waals surface area (Å²) in [5.74, 6) is 0. The monoisotopic (exact) mass is 406 g/mol. The molecule has 4 rings (SSSR count). The minimum Gasteiger partial charge on any atom is -0.392 e. The molecule has 1 aromatic carbocycles. The second-order valence-electron chi connectivity index (χ2n) is 7.66. The SMILES string of the molecule is C[C@@H](O)Cn1cnc(S(=O)(=O)NC(O)Nc2c3c(cc4c2CCC4)CCC3)c1. The summed E-state index contributed by atoms with van der Waals surface area (Å²) in [5.41, 5.74) is 5.88. The first-order valence-electron chi connectivity index (χ1n) is 9.67. The van der Waals surface area contributed by atoms with Crippen molar-refractivity contribution in [3.8, 4) is 0 Å². The van der Waals surface area contributed by atoms with Crippen molar-refractivity contribution in [2.45, 2.75) is 69.5 Å². The van der Waals surface area contributed by atoms with Crippen molar-refractivity contribution in [3.63, 3.8) is 0 Å². The molecule has 0 saturated heterocycles. The molecule has 2 aliphatic rings. The van der Waals surface area contributed by atoms with Gasteiger partial charge < -0.3 is 20.1 Å². The summed E-state index contributed by atoms with van der Waals surface area (Å²) in [7, 11) is -4.00. The molecule has 28 heavy (non-hydrogen) atoms. The zero-order valence-corrected chi connectivity index (χ0v) is 16.7. The third-order valence-corrected chi connectivity index (χ3v) is 6.68. The van der Waals surface area contributed by atoms with Crippen molar-refractivity contribution in [2.75, 3.05) is 5.32 Å². The molecule has 0 fully saturated rings. The van der Waals surface area contributed by atoms with Gasteiger partial charge in [-0.1, -0.05) is 6.07 Å². The van der Waals surface area contributed by atoms with Gasteiger partial charge in [0.25, 0.3) is 10.0 Å². The number of hydrogen-bond acceptors (Lipinski definition) is 6. The van der Waals surface area contributed by atoms with E-state index >= 15 is 0 Å². The second kappa shape index (κ2) is 7.47. The highest BCUT2D eigenvalue weighted by molar-refractivity contribution is 7.89. The van der Waals surface area contributed by atoms with Gasteiger partial charge in [0.2, 0.25) is 0 Å². The number of imidazole rings is 1. The molecule has 0 amide bonds. The summed E-state index contributed by atoms with van der Waals surface area (Å²) < 4.78 is 28.8.